The van der Waals surface area contributed by atoms with E-state index < -0.39 is 11.9 Å². The normalized spacial score (nSPS) is 11.3. The molecule has 0 bridgehead atoms. The molecule has 0 unspecified atom stereocenters. The third-order valence-electron chi connectivity index (χ3n) is 1.81. The summed E-state index contributed by atoms with van der Waals surface area (Å²) in [6.45, 7) is 0. The Hall–Kier alpha value is -1.16. The minimum Gasteiger partial charge on any atom is -0.497 e. The van der Waals surface area contributed by atoms with Gasteiger partial charge in [-0.25, -0.2) is 4.79 Å². The summed E-state index contributed by atoms with van der Waals surface area (Å²) in [6.07, 6.45) is 1.12. The molecule has 98 valence electrons. The van der Waals surface area contributed by atoms with E-state index in [1.54, 1.807) is 31.4 Å². The van der Waals surface area contributed by atoms with Crippen molar-refractivity contribution in [2.24, 2.45) is 0 Å². The Bertz CT molecular complexity index is 484. The van der Waals surface area contributed by atoms with E-state index in [0.29, 0.717) is 11.4 Å². The van der Waals surface area contributed by atoms with Crippen LogP contribution in [0.5, 0.6) is 5.75 Å². The molecule has 8 heteroatoms. The summed E-state index contributed by atoms with van der Waals surface area (Å²) in [5.41, 5.74) is 0.585. The average molecular weight is 309 g/mol. The van der Waals surface area contributed by atoms with Crippen molar-refractivity contribution in [2.45, 2.75) is 0 Å². The van der Waals surface area contributed by atoms with E-state index >= 15 is 0 Å². The van der Waals surface area contributed by atoms with Crippen molar-refractivity contribution in [1.29, 1.82) is 0 Å². The van der Waals surface area contributed by atoms with Gasteiger partial charge in [0.15, 0.2) is 0 Å². The molecular weight excluding hydrogens is 298 g/mol. The topological polar surface area (TPSA) is 67.4 Å². The number of carbonyl (C=O) groups excluding carboxylic acids is 1. The second-order valence-electron chi connectivity index (χ2n) is 3.15. The van der Waals surface area contributed by atoms with Gasteiger partial charge in [0.05, 0.1) is 7.11 Å². The van der Waals surface area contributed by atoms with E-state index in [-0.39, 0.29) is 0 Å². The Morgan fingerprint density at radius 1 is 1.33 bits per heavy atom. The molecule has 2 amide bonds. The molecule has 1 rings (SSSR count). The number of urea groups is 1. The van der Waals surface area contributed by atoms with Crippen LogP contribution in [0.25, 0.3) is 0 Å². The van der Waals surface area contributed by atoms with E-state index in [1.165, 1.54) is 0 Å². The molecule has 18 heavy (non-hydrogen) atoms. The molecule has 1 aromatic carbocycles. The summed E-state index contributed by atoms with van der Waals surface area (Å²) in [4.78, 5) is 11.4. The fourth-order valence-corrected chi connectivity index (χ4v) is 1.63. The summed E-state index contributed by atoms with van der Waals surface area (Å²) < 4.78 is 15.9. The van der Waals surface area contributed by atoms with Crippen LogP contribution in [-0.4, -0.2) is 13.1 Å². The molecule has 0 spiro atoms. The molecule has 0 heterocycles. The zero-order valence-electron chi connectivity index (χ0n) is 9.39. The first-order chi connectivity index (χ1) is 8.40. The summed E-state index contributed by atoms with van der Waals surface area (Å²) >= 11 is 10.5. The molecule has 1 aromatic rings. The van der Waals surface area contributed by atoms with Gasteiger partial charge in [0.25, 0.3) is 5.85 Å². The second-order valence-corrected chi connectivity index (χ2v) is 7.98. The SMILES string of the molecule is COc1ccc(NC(=O)N/C=C/P(=O)(Cl)Cl)cc1. The summed E-state index contributed by atoms with van der Waals surface area (Å²) in [6, 6.07) is 6.26. The number of methoxy groups -OCH3 is 1. The molecule has 0 saturated heterocycles. The maximum absolute atomic E-state index is 11.4. The van der Waals surface area contributed by atoms with E-state index in [0.717, 1.165) is 12.0 Å². The van der Waals surface area contributed by atoms with Gasteiger partial charge in [0.2, 0.25) is 0 Å². The van der Waals surface area contributed by atoms with Crippen molar-refractivity contribution in [3.63, 3.8) is 0 Å². The Morgan fingerprint density at radius 3 is 2.44 bits per heavy atom. The second kappa shape index (κ2) is 6.69. The van der Waals surface area contributed by atoms with Crippen LogP contribution in [0.4, 0.5) is 10.5 Å². The Morgan fingerprint density at radius 2 is 1.94 bits per heavy atom. The zero-order valence-corrected chi connectivity index (χ0v) is 11.8. The van der Waals surface area contributed by atoms with Crippen molar-refractivity contribution in [3.05, 3.63) is 36.3 Å². The van der Waals surface area contributed by atoms with Gasteiger partial charge in [0, 0.05) is 17.7 Å². The van der Waals surface area contributed by atoms with Crippen LogP contribution in [0.15, 0.2) is 36.3 Å². The molecule has 5 nitrogen and oxygen atoms in total. The monoisotopic (exact) mass is 308 g/mol. The van der Waals surface area contributed by atoms with E-state index in [1.807, 2.05) is 0 Å². The van der Waals surface area contributed by atoms with Crippen molar-refractivity contribution in [3.8, 4) is 5.75 Å². The van der Waals surface area contributed by atoms with Crippen molar-refractivity contribution < 1.29 is 14.1 Å². The first-order valence-electron chi connectivity index (χ1n) is 4.79. The lowest BCUT2D eigenvalue weighted by molar-refractivity contribution is 0.255. The molecule has 2 N–H and O–H groups in total. The number of halogens is 2. The lowest BCUT2D eigenvalue weighted by atomic mass is 10.3. The third-order valence-corrected chi connectivity index (χ3v) is 2.98. The van der Waals surface area contributed by atoms with E-state index in [9.17, 15) is 9.36 Å². The minimum atomic E-state index is -3.31. The molecular formula is C10H11Cl2N2O3P. The number of hydrogen-bond acceptors (Lipinski definition) is 3. The fourth-order valence-electron chi connectivity index (χ4n) is 1.04. The third kappa shape index (κ3) is 5.96. The minimum absolute atomic E-state index is 0.502. The first kappa shape index (κ1) is 14.9. The smallest absolute Gasteiger partial charge is 0.323 e. The quantitative estimate of drug-likeness (QED) is 0.827. The number of anilines is 1. The summed E-state index contributed by atoms with van der Waals surface area (Å²) in [5.74, 6) is -1.61. The fraction of sp³-hybridized carbons (Fsp3) is 0.100. The molecule has 0 aliphatic heterocycles. The number of nitrogens with one attached hydrogen (secondary N) is 2. The van der Waals surface area contributed by atoms with Gasteiger partial charge in [-0.15, -0.1) is 0 Å². The lowest BCUT2D eigenvalue weighted by Gasteiger charge is -2.05. The highest BCUT2D eigenvalue weighted by atomic mass is 35.9. The predicted octanol–water partition coefficient (Wildman–Crippen LogP) is 3.96. The summed E-state index contributed by atoms with van der Waals surface area (Å²) in [7, 11) is 1.55. The van der Waals surface area contributed by atoms with Crippen LogP contribution in [0.2, 0.25) is 0 Å². The average Bonchev–Trinajstić information content (AvgIpc) is 2.28. The molecule has 0 aromatic heterocycles. The molecule has 0 atom stereocenters. The van der Waals surface area contributed by atoms with Gasteiger partial charge in [-0.05, 0) is 46.7 Å². The Labute approximate surface area is 114 Å². The first-order valence-corrected chi connectivity index (χ1v) is 8.37. The highest BCUT2D eigenvalue weighted by Gasteiger charge is 2.07. The van der Waals surface area contributed by atoms with Crippen LogP contribution in [0.1, 0.15) is 0 Å². The van der Waals surface area contributed by atoms with Gasteiger partial charge in [-0.2, -0.15) is 0 Å². The Kier molecular flexibility index (Phi) is 5.54. The number of hydrogen-bond donors (Lipinski definition) is 2. The van der Waals surface area contributed by atoms with Crippen LogP contribution in [-0.2, 0) is 4.57 Å². The zero-order chi connectivity index (χ0) is 13.6. The van der Waals surface area contributed by atoms with Crippen molar-refractivity contribution in [2.75, 3.05) is 12.4 Å². The lowest BCUT2D eigenvalue weighted by Crippen LogP contribution is -2.23. The largest absolute Gasteiger partial charge is 0.497 e. The summed E-state index contributed by atoms with van der Waals surface area (Å²) in [5, 5.41) is 4.86. The van der Waals surface area contributed by atoms with Crippen LogP contribution < -0.4 is 15.4 Å². The van der Waals surface area contributed by atoms with Gasteiger partial charge >= 0.3 is 6.03 Å². The van der Waals surface area contributed by atoms with E-state index in [4.69, 9.17) is 27.2 Å². The van der Waals surface area contributed by atoms with Crippen LogP contribution >= 0.6 is 28.3 Å². The predicted molar refractivity (Wildman–Crippen MR) is 73.6 cm³/mol. The maximum atomic E-state index is 11.4. The number of amides is 2. The number of rotatable bonds is 4. The van der Waals surface area contributed by atoms with Gasteiger partial charge in [-0.1, -0.05) is 0 Å². The number of ether oxygens (including phenoxy) is 1. The van der Waals surface area contributed by atoms with E-state index in [2.05, 4.69) is 10.6 Å². The van der Waals surface area contributed by atoms with Crippen LogP contribution in [0, 0.1) is 0 Å². The molecule has 0 saturated carbocycles. The number of carbonyl (C=O) groups is 1. The number of benzene rings is 1. The van der Waals surface area contributed by atoms with Crippen LogP contribution in [0.3, 0.4) is 0 Å². The van der Waals surface area contributed by atoms with Crippen molar-refractivity contribution in [1.82, 2.24) is 5.32 Å². The van der Waals surface area contributed by atoms with Gasteiger partial charge < -0.3 is 15.4 Å². The molecule has 0 aliphatic carbocycles. The molecule has 0 fully saturated rings. The van der Waals surface area contributed by atoms with Gasteiger partial charge in [-0.3, -0.25) is 4.57 Å². The van der Waals surface area contributed by atoms with Crippen molar-refractivity contribution >= 4 is 40.0 Å². The highest BCUT2D eigenvalue weighted by molar-refractivity contribution is 8.10. The molecule has 0 radical (unpaired) electrons. The van der Waals surface area contributed by atoms with Gasteiger partial charge in [0.1, 0.15) is 5.75 Å². The molecule has 0 aliphatic rings. The highest BCUT2D eigenvalue weighted by Crippen LogP contribution is 2.57. The maximum Gasteiger partial charge on any atom is 0.323 e. The Balaban J connectivity index is 2.49. The standard InChI is InChI=1S/C10H11Cl2N2O3P/c1-17-9-4-2-8(3-5-9)14-10(15)13-6-7-18(11,12)16/h2-7H,1H3,(H2,13,14,15)/b7-6+.